The van der Waals surface area contributed by atoms with Gasteiger partial charge in [0, 0.05) is 30.0 Å². The maximum Gasteiger partial charge on any atom is 0.174 e. The number of hydrogen-bond donors (Lipinski definition) is 1. The van der Waals surface area contributed by atoms with Crippen molar-refractivity contribution in [2.45, 2.75) is 25.4 Å². The number of aryl methyl sites for hydroxylation is 1. The van der Waals surface area contributed by atoms with Crippen molar-refractivity contribution < 1.29 is 0 Å². The van der Waals surface area contributed by atoms with E-state index in [9.17, 15) is 0 Å². The fourth-order valence-electron chi connectivity index (χ4n) is 4.21. The number of anilines is 1. The van der Waals surface area contributed by atoms with Gasteiger partial charge >= 0.3 is 0 Å². The predicted octanol–water partition coefficient (Wildman–Crippen LogP) is 5.61. The van der Waals surface area contributed by atoms with Crippen molar-refractivity contribution in [1.29, 1.82) is 0 Å². The van der Waals surface area contributed by atoms with Crippen molar-refractivity contribution in [2.75, 3.05) is 4.90 Å². The van der Waals surface area contributed by atoms with E-state index in [1.54, 1.807) is 0 Å². The minimum Gasteiger partial charge on any atom is -0.351 e. The third kappa shape index (κ3) is 3.73. The molecule has 2 aromatic heterocycles. The lowest BCUT2D eigenvalue weighted by atomic mass is 9.98. The highest BCUT2D eigenvalue weighted by atomic mass is 32.1. The zero-order valence-corrected chi connectivity index (χ0v) is 18.2. The standard InChI is InChI=1S/C26H24N4S/c1-2-19-11-13-22(14-12-19)30-25(24(28-26(30)31)23-10-6-7-16-27-23)20-15-17-29(18-20)21-8-4-3-5-9-21/h3-18,24-25H,2H2,1H3,(H,28,31)/t24-,25-/m0/s1. The lowest BCUT2D eigenvalue weighted by Crippen LogP contribution is -2.29. The Balaban J connectivity index is 1.58. The fraction of sp³-hybridized carbons (Fsp3) is 0.154. The highest BCUT2D eigenvalue weighted by Gasteiger charge is 2.41. The van der Waals surface area contributed by atoms with Gasteiger partial charge in [-0.1, -0.05) is 43.3 Å². The van der Waals surface area contributed by atoms with Gasteiger partial charge in [0.2, 0.25) is 0 Å². The summed E-state index contributed by atoms with van der Waals surface area (Å²) in [4.78, 5) is 6.86. The van der Waals surface area contributed by atoms with Crippen LogP contribution in [0.4, 0.5) is 5.69 Å². The molecule has 0 unspecified atom stereocenters. The van der Waals surface area contributed by atoms with Crippen LogP contribution in [0.15, 0.2) is 97.5 Å². The quantitative estimate of drug-likeness (QED) is 0.422. The molecule has 0 saturated carbocycles. The molecular formula is C26H24N4S. The third-order valence-electron chi connectivity index (χ3n) is 5.83. The first-order chi connectivity index (χ1) is 15.2. The normalized spacial score (nSPS) is 18.2. The van der Waals surface area contributed by atoms with E-state index in [-0.39, 0.29) is 12.1 Å². The first kappa shape index (κ1) is 19.5. The largest absolute Gasteiger partial charge is 0.351 e. The van der Waals surface area contributed by atoms with E-state index in [0.29, 0.717) is 0 Å². The van der Waals surface area contributed by atoms with E-state index in [1.807, 2.05) is 24.4 Å². The molecule has 154 valence electrons. The summed E-state index contributed by atoms with van der Waals surface area (Å²) in [5, 5.41) is 4.25. The van der Waals surface area contributed by atoms with Crippen LogP contribution in [0.3, 0.4) is 0 Å². The summed E-state index contributed by atoms with van der Waals surface area (Å²) in [6.07, 6.45) is 7.16. The second-order valence-corrected chi connectivity index (χ2v) is 8.09. The van der Waals surface area contributed by atoms with Gasteiger partial charge in [-0.3, -0.25) is 4.98 Å². The molecule has 3 heterocycles. The smallest absolute Gasteiger partial charge is 0.174 e. The number of benzene rings is 2. The Morgan fingerprint density at radius 3 is 2.39 bits per heavy atom. The van der Waals surface area contributed by atoms with Crippen molar-refractivity contribution >= 4 is 23.0 Å². The van der Waals surface area contributed by atoms with Gasteiger partial charge in [0.25, 0.3) is 0 Å². The van der Waals surface area contributed by atoms with Crippen LogP contribution >= 0.6 is 12.2 Å². The number of thiocarbonyl (C=S) groups is 1. The number of pyridine rings is 1. The molecule has 1 fully saturated rings. The Bertz CT molecular complexity index is 1170. The topological polar surface area (TPSA) is 33.1 Å². The van der Waals surface area contributed by atoms with Gasteiger partial charge < -0.3 is 14.8 Å². The van der Waals surface area contributed by atoms with Crippen molar-refractivity contribution in [2.24, 2.45) is 0 Å². The molecule has 0 bridgehead atoms. The van der Waals surface area contributed by atoms with Gasteiger partial charge in [0.15, 0.2) is 5.11 Å². The fourth-order valence-corrected chi connectivity index (χ4v) is 4.56. The highest BCUT2D eigenvalue weighted by Crippen LogP contribution is 2.41. The van der Waals surface area contributed by atoms with Gasteiger partial charge in [-0.15, -0.1) is 0 Å². The van der Waals surface area contributed by atoms with Gasteiger partial charge in [0.1, 0.15) is 0 Å². The van der Waals surface area contributed by atoms with Crippen molar-refractivity contribution in [3.8, 4) is 5.69 Å². The highest BCUT2D eigenvalue weighted by molar-refractivity contribution is 7.80. The summed E-state index contributed by atoms with van der Waals surface area (Å²) < 4.78 is 2.16. The van der Waals surface area contributed by atoms with E-state index in [1.165, 1.54) is 11.1 Å². The SMILES string of the molecule is CCc1ccc(N2C(=S)N[C@@H](c3ccccn3)[C@@H]2c2ccn(-c3ccccc3)c2)cc1. The zero-order valence-electron chi connectivity index (χ0n) is 17.3. The maximum absolute atomic E-state index is 5.82. The molecule has 1 N–H and O–H groups in total. The van der Waals surface area contributed by atoms with Crippen molar-refractivity contribution in [3.05, 3.63) is 114 Å². The second-order valence-electron chi connectivity index (χ2n) is 7.70. The number of hydrogen-bond acceptors (Lipinski definition) is 2. The molecule has 4 nitrogen and oxygen atoms in total. The first-order valence-electron chi connectivity index (χ1n) is 10.6. The number of aromatic nitrogens is 2. The van der Waals surface area contributed by atoms with E-state index < -0.39 is 0 Å². The molecule has 5 rings (SSSR count). The van der Waals surface area contributed by atoms with Crippen molar-refractivity contribution in [3.63, 3.8) is 0 Å². The summed E-state index contributed by atoms with van der Waals surface area (Å²) in [6, 6.07) is 27.2. The van der Waals surface area contributed by atoms with Crippen molar-refractivity contribution in [1.82, 2.24) is 14.9 Å². The molecular weight excluding hydrogens is 400 g/mol. The molecule has 0 amide bonds. The number of nitrogens with one attached hydrogen (secondary N) is 1. The summed E-state index contributed by atoms with van der Waals surface area (Å²) >= 11 is 5.82. The Kier molecular flexibility index (Phi) is 5.26. The maximum atomic E-state index is 5.82. The van der Waals surface area contributed by atoms with Crippen LogP contribution < -0.4 is 10.2 Å². The van der Waals surface area contributed by atoms with E-state index >= 15 is 0 Å². The Morgan fingerprint density at radius 1 is 0.903 bits per heavy atom. The average molecular weight is 425 g/mol. The van der Waals surface area contributed by atoms with Gasteiger partial charge in [0.05, 0.1) is 17.8 Å². The molecule has 1 aliphatic heterocycles. The number of nitrogens with zero attached hydrogens (tertiary/aromatic N) is 3. The van der Waals surface area contributed by atoms with Crippen LogP contribution in [0.1, 0.15) is 35.8 Å². The van der Waals surface area contributed by atoms with E-state index in [0.717, 1.165) is 28.6 Å². The van der Waals surface area contributed by atoms with Gasteiger partial charge in [-0.25, -0.2) is 0 Å². The summed E-state index contributed by atoms with van der Waals surface area (Å²) in [6.45, 7) is 2.17. The third-order valence-corrected chi connectivity index (χ3v) is 6.15. The van der Waals surface area contributed by atoms with Gasteiger partial charge in [-0.2, -0.15) is 0 Å². The molecule has 31 heavy (non-hydrogen) atoms. The van der Waals surface area contributed by atoms with Gasteiger partial charge in [-0.05, 0) is 72.2 Å². The molecule has 0 radical (unpaired) electrons. The number of para-hydroxylation sites is 1. The lowest BCUT2D eigenvalue weighted by Gasteiger charge is -2.27. The molecule has 1 aliphatic rings. The molecule has 0 aliphatic carbocycles. The van der Waals surface area contributed by atoms with Crippen LogP contribution in [-0.4, -0.2) is 14.7 Å². The van der Waals surface area contributed by atoms with Crippen LogP contribution in [-0.2, 0) is 6.42 Å². The average Bonchev–Trinajstić information content (AvgIpc) is 3.45. The summed E-state index contributed by atoms with van der Waals surface area (Å²) in [5.74, 6) is 0. The minimum absolute atomic E-state index is 0.000149. The molecule has 2 aromatic carbocycles. The van der Waals surface area contributed by atoms with Crippen LogP contribution in [0.5, 0.6) is 0 Å². The zero-order chi connectivity index (χ0) is 21.2. The monoisotopic (exact) mass is 424 g/mol. The second kappa shape index (κ2) is 8.36. The Hall–Kier alpha value is -3.44. The predicted molar refractivity (Wildman–Crippen MR) is 130 cm³/mol. The first-order valence-corrected chi connectivity index (χ1v) is 11.0. The molecule has 5 heteroatoms. The molecule has 1 saturated heterocycles. The molecule has 4 aromatic rings. The summed E-state index contributed by atoms with van der Waals surface area (Å²) in [7, 11) is 0. The Morgan fingerprint density at radius 2 is 1.68 bits per heavy atom. The molecule has 2 atom stereocenters. The number of rotatable bonds is 5. The van der Waals surface area contributed by atoms with Crippen LogP contribution in [0, 0.1) is 0 Å². The van der Waals surface area contributed by atoms with Crippen LogP contribution in [0.25, 0.3) is 5.69 Å². The minimum atomic E-state index is -0.0359. The molecule has 0 spiro atoms. The Labute approximate surface area is 188 Å². The van der Waals surface area contributed by atoms with E-state index in [2.05, 4.69) is 99.7 Å². The van der Waals surface area contributed by atoms with Crippen LogP contribution in [0.2, 0.25) is 0 Å². The van der Waals surface area contributed by atoms with E-state index in [4.69, 9.17) is 12.2 Å². The lowest BCUT2D eigenvalue weighted by molar-refractivity contribution is 0.568. The summed E-state index contributed by atoms with van der Waals surface area (Å²) in [5.41, 5.74) is 5.71.